The predicted octanol–water partition coefficient (Wildman–Crippen LogP) is 4.32. The molecule has 2 nitrogen and oxygen atoms in total. The third-order valence-corrected chi connectivity index (χ3v) is 2.85. The first kappa shape index (κ1) is 13.6. The first-order valence-electron chi connectivity index (χ1n) is 6.31. The Balaban J connectivity index is 2.22. The van der Waals surface area contributed by atoms with E-state index < -0.39 is 0 Å². The average Bonchev–Trinajstić information content (AvgIpc) is 2.52. The van der Waals surface area contributed by atoms with Crippen molar-refractivity contribution in [3.05, 3.63) is 77.9 Å². The molecule has 0 aliphatic rings. The first-order valence-corrected chi connectivity index (χ1v) is 6.31. The molecule has 0 fully saturated rings. The van der Waals surface area contributed by atoms with Gasteiger partial charge in [-0.2, -0.15) is 5.26 Å². The number of nitriles is 1. The van der Waals surface area contributed by atoms with Gasteiger partial charge in [-0.15, -0.1) is 0 Å². The van der Waals surface area contributed by atoms with Gasteiger partial charge in [-0.1, -0.05) is 54.6 Å². The molecule has 0 atom stereocenters. The van der Waals surface area contributed by atoms with Gasteiger partial charge in [0.25, 0.3) is 0 Å². The average molecular weight is 261 g/mol. The highest BCUT2D eigenvalue weighted by Gasteiger charge is 2.00. The SMILES string of the molecule is COc1cccc(/C(C#N)=C\C=C\c2ccccc2)c1. The molecule has 0 aliphatic carbocycles. The number of rotatable bonds is 4. The molecule has 20 heavy (non-hydrogen) atoms. The van der Waals surface area contributed by atoms with Crippen molar-refractivity contribution in [2.24, 2.45) is 0 Å². The summed E-state index contributed by atoms with van der Waals surface area (Å²) in [5, 5.41) is 9.25. The summed E-state index contributed by atoms with van der Waals surface area (Å²) in [6.45, 7) is 0. The Morgan fingerprint density at radius 3 is 2.60 bits per heavy atom. The summed E-state index contributed by atoms with van der Waals surface area (Å²) in [5.74, 6) is 0.746. The number of nitrogens with zero attached hydrogens (tertiary/aromatic N) is 1. The largest absolute Gasteiger partial charge is 0.497 e. The van der Waals surface area contributed by atoms with Crippen molar-refractivity contribution in [2.75, 3.05) is 7.11 Å². The monoisotopic (exact) mass is 261 g/mol. The Hall–Kier alpha value is -2.79. The fourth-order valence-corrected chi connectivity index (χ4v) is 1.81. The lowest BCUT2D eigenvalue weighted by Gasteiger charge is -2.02. The minimum atomic E-state index is 0.607. The second-order valence-corrected chi connectivity index (χ2v) is 4.19. The molecular formula is C18H15NO. The van der Waals surface area contributed by atoms with Gasteiger partial charge in [0.1, 0.15) is 5.75 Å². The van der Waals surface area contributed by atoms with Crippen molar-refractivity contribution in [3.8, 4) is 11.8 Å². The Labute approximate surface area is 119 Å². The van der Waals surface area contributed by atoms with Crippen LogP contribution in [0.2, 0.25) is 0 Å². The number of ether oxygens (including phenoxy) is 1. The molecule has 0 amide bonds. The zero-order valence-electron chi connectivity index (χ0n) is 11.3. The predicted molar refractivity (Wildman–Crippen MR) is 82.1 cm³/mol. The molecule has 0 aliphatic heterocycles. The van der Waals surface area contributed by atoms with E-state index in [-0.39, 0.29) is 0 Å². The summed E-state index contributed by atoms with van der Waals surface area (Å²) in [6, 6.07) is 19.7. The van der Waals surface area contributed by atoms with E-state index in [1.165, 1.54) is 0 Å². The van der Waals surface area contributed by atoms with Crippen LogP contribution in [-0.2, 0) is 0 Å². The third kappa shape index (κ3) is 3.60. The lowest BCUT2D eigenvalue weighted by atomic mass is 10.1. The number of hydrogen-bond acceptors (Lipinski definition) is 2. The van der Waals surface area contributed by atoms with E-state index in [0.717, 1.165) is 16.9 Å². The van der Waals surface area contributed by atoms with Crippen LogP contribution in [0.5, 0.6) is 5.75 Å². The molecule has 0 aromatic heterocycles. The van der Waals surface area contributed by atoms with Crippen LogP contribution in [0.1, 0.15) is 11.1 Å². The van der Waals surface area contributed by atoms with Crippen LogP contribution in [0.15, 0.2) is 66.7 Å². The van der Waals surface area contributed by atoms with Gasteiger partial charge in [-0.3, -0.25) is 0 Å². The summed E-state index contributed by atoms with van der Waals surface area (Å²) in [4.78, 5) is 0. The van der Waals surface area contributed by atoms with Crippen LogP contribution in [-0.4, -0.2) is 7.11 Å². The Kier molecular flexibility index (Phi) is 4.75. The molecule has 2 rings (SSSR count). The second kappa shape index (κ2) is 6.96. The van der Waals surface area contributed by atoms with E-state index in [2.05, 4.69) is 6.07 Å². The molecule has 2 aromatic carbocycles. The van der Waals surface area contributed by atoms with E-state index in [0.29, 0.717) is 5.57 Å². The van der Waals surface area contributed by atoms with E-state index >= 15 is 0 Å². The summed E-state index contributed by atoms with van der Waals surface area (Å²) < 4.78 is 5.17. The van der Waals surface area contributed by atoms with Crippen molar-refractivity contribution in [1.82, 2.24) is 0 Å². The number of benzene rings is 2. The van der Waals surface area contributed by atoms with Crippen LogP contribution in [0.25, 0.3) is 11.6 Å². The highest BCUT2D eigenvalue weighted by Crippen LogP contribution is 2.19. The summed E-state index contributed by atoms with van der Waals surface area (Å²) in [6.07, 6.45) is 5.66. The van der Waals surface area contributed by atoms with Gasteiger partial charge in [0.2, 0.25) is 0 Å². The van der Waals surface area contributed by atoms with Crippen LogP contribution < -0.4 is 4.74 Å². The zero-order chi connectivity index (χ0) is 14.2. The van der Waals surface area contributed by atoms with Crippen molar-refractivity contribution in [2.45, 2.75) is 0 Å². The van der Waals surface area contributed by atoms with Gasteiger partial charge in [0, 0.05) is 0 Å². The summed E-state index contributed by atoms with van der Waals surface area (Å²) >= 11 is 0. The Morgan fingerprint density at radius 1 is 1.10 bits per heavy atom. The van der Waals surface area contributed by atoms with E-state index in [9.17, 15) is 5.26 Å². The van der Waals surface area contributed by atoms with Crippen LogP contribution >= 0.6 is 0 Å². The second-order valence-electron chi connectivity index (χ2n) is 4.19. The van der Waals surface area contributed by atoms with Gasteiger partial charge in [0.15, 0.2) is 0 Å². The lowest BCUT2D eigenvalue weighted by molar-refractivity contribution is 0.414. The highest BCUT2D eigenvalue weighted by molar-refractivity contribution is 5.79. The molecule has 2 aromatic rings. The van der Waals surface area contributed by atoms with E-state index in [1.807, 2.05) is 72.8 Å². The Morgan fingerprint density at radius 2 is 1.90 bits per heavy atom. The van der Waals surface area contributed by atoms with E-state index in [4.69, 9.17) is 4.74 Å². The molecule has 0 spiro atoms. The van der Waals surface area contributed by atoms with Crippen molar-refractivity contribution in [1.29, 1.82) is 5.26 Å². The van der Waals surface area contributed by atoms with Crippen LogP contribution in [0.3, 0.4) is 0 Å². The maximum Gasteiger partial charge on any atom is 0.119 e. The molecule has 98 valence electrons. The minimum Gasteiger partial charge on any atom is -0.497 e. The topological polar surface area (TPSA) is 33.0 Å². The summed E-state index contributed by atoms with van der Waals surface area (Å²) in [5.41, 5.74) is 2.56. The van der Waals surface area contributed by atoms with Gasteiger partial charge in [-0.25, -0.2) is 0 Å². The molecule has 0 radical (unpaired) electrons. The fraction of sp³-hybridized carbons (Fsp3) is 0.0556. The number of hydrogen-bond donors (Lipinski definition) is 0. The fourth-order valence-electron chi connectivity index (χ4n) is 1.81. The molecule has 0 saturated carbocycles. The molecule has 0 heterocycles. The molecule has 0 bridgehead atoms. The standard InChI is InChI=1S/C18H15NO/c1-20-18-12-6-10-16(13-18)17(14-19)11-5-9-15-7-3-2-4-8-15/h2-13H,1H3/b9-5+,17-11-. The van der Waals surface area contributed by atoms with Crippen molar-refractivity contribution in [3.63, 3.8) is 0 Å². The van der Waals surface area contributed by atoms with Gasteiger partial charge in [-0.05, 0) is 29.3 Å². The normalized spacial score (nSPS) is 11.3. The van der Waals surface area contributed by atoms with Crippen molar-refractivity contribution < 1.29 is 4.74 Å². The Bertz CT molecular complexity index is 663. The van der Waals surface area contributed by atoms with E-state index in [1.54, 1.807) is 7.11 Å². The molecular weight excluding hydrogens is 246 g/mol. The highest BCUT2D eigenvalue weighted by atomic mass is 16.5. The lowest BCUT2D eigenvalue weighted by Crippen LogP contribution is -1.85. The zero-order valence-corrected chi connectivity index (χ0v) is 11.3. The van der Waals surface area contributed by atoms with Crippen molar-refractivity contribution >= 4 is 11.6 Å². The number of methoxy groups -OCH3 is 1. The quantitative estimate of drug-likeness (QED) is 0.606. The van der Waals surface area contributed by atoms with Gasteiger partial charge < -0.3 is 4.74 Å². The first-order chi connectivity index (χ1) is 9.83. The molecule has 0 N–H and O–H groups in total. The minimum absolute atomic E-state index is 0.607. The maximum atomic E-state index is 9.25. The maximum absolute atomic E-state index is 9.25. The van der Waals surface area contributed by atoms with Crippen LogP contribution in [0.4, 0.5) is 0 Å². The third-order valence-electron chi connectivity index (χ3n) is 2.85. The summed E-state index contributed by atoms with van der Waals surface area (Å²) in [7, 11) is 1.62. The smallest absolute Gasteiger partial charge is 0.119 e. The molecule has 0 unspecified atom stereocenters. The van der Waals surface area contributed by atoms with Gasteiger partial charge >= 0.3 is 0 Å². The molecule has 2 heteroatoms. The molecule has 0 saturated heterocycles. The van der Waals surface area contributed by atoms with Gasteiger partial charge in [0.05, 0.1) is 18.8 Å². The van der Waals surface area contributed by atoms with Crippen LogP contribution in [0, 0.1) is 11.3 Å². The number of allylic oxidation sites excluding steroid dienone is 3.